The lowest BCUT2D eigenvalue weighted by Crippen LogP contribution is -2.62. The molecule has 41 heavy (non-hydrogen) atoms. The molecule has 3 unspecified atom stereocenters. The fourth-order valence-electron chi connectivity index (χ4n) is 6.34. The van der Waals surface area contributed by atoms with Crippen molar-refractivity contribution in [2.24, 2.45) is 5.92 Å². The fraction of sp³-hybridized carbons (Fsp3) is 0.400. The van der Waals surface area contributed by atoms with Crippen LogP contribution in [0.3, 0.4) is 0 Å². The Balaban J connectivity index is 1.22. The lowest BCUT2D eigenvalue weighted by atomic mass is 9.86. The molecule has 1 aromatic heterocycles. The maximum Gasteiger partial charge on any atom is 0.326 e. The van der Waals surface area contributed by atoms with Gasteiger partial charge in [-0.25, -0.2) is 9.78 Å². The summed E-state index contributed by atoms with van der Waals surface area (Å²) in [4.78, 5) is 45.8. The molecule has 0 bridgehead atoms. The average Bonchev–Trinajstić information content (AvgIpc) is 3.54. The third kappa shape index (κ3) is 5.31. The van der Waals surface area contributed by atoms with E-state index in [1.807, 2.05) is 55.1 Å². The van der Waals surface area contributed by atoms with E-state index in [1.54, 1.807) is 0 Å². The van der Waals surface area contributed by atoms with E-state index in [-0.39, 0.29) is 47.3 Å². The lowest BCUT2D eigenvalue weighted by Gasteiger charge is -2.46. The van der Waals surface area contributed by atoms with Gasteiger partial charge in [-0.3, -0.25) is 14.5 Å². The molecule has 4 N–H and O–H groups in total. The molecule has 2 aromatic rings. The summed E-state index contributed by atoms with van der Waals surface area (Å²) in [6.07, 6.45) is 4.51. The average molecular weight is 575 g/mol. The van der Waals surface area contributed by atoms with Crippen molar-refractivity contribution in [3.05, 3.63) is 70.9 Å². The molecule has 6 rings (SSSR count). The van der Waals surface area contributed by atoms with Crippen LogP contribution in [0.25, 0.3) is 0 Å². The summed E-state index contributed by atoms with van der Waals surface area (Å²) >= 11 is 1.48. The zero-order valence-corrected chi connectivity index (χ0v) is 23.9. The van der Waals surface area contributed by atoms with Gasteiger partial charge in [0.1, 0.15) is 5.75 Å². The number of carbonyl (C=O) groups is 3. The number of aromatic nitrogens is 1. The number of aryl methyl sites for hydroxylation is 2. The van der Waals surface area contributed by atoms with Crippen molar-refractivity contribution >= 4 is 35.3 Å². The normalized spacial score (nSPS) is 26.7. The Labute approximate surface area is 243 Å². The molecule has 1 saturated carbocycles. The Morgan fingerprint density at radius 2 is 1.95 bits per heavy atom. The largest absolute Gasteiger partial charge is 0.439 e. The maximum absolute atomic E-state index is 13.6. The monoisotopic (exact) mass is 574 g/mol. The number of hydrogen-bond acceptors (Lipinski definition) is 7. The predicted molar refractivity (Wildman–Crippen MR) is 157 cm³/mol. The van der Waals surface area contributed by atoms with Gasteiger partial charge < -0.3 is 26.0 Å². The van der Waals surface area contributed by atoms with Crippen LogP contribution in [0.5, 0.6) is 11.6 Å². The Bertz CT molecular complexity index is 1440. The van der Waals surface area contributed by atoms with Crippen molar-refractivity contribution < 1.29 is 19.1 Å². The molecule has 3 fully saturated rings. The van der Waals surface area contributed by atoms with Gasteiger partial charge in [0.05, 0.1) is 16.3 Å². The number of hydrogen-bond donors (Lipinski definition) is 4. The van der Waals surface area contributed by atoms with Crippen LogP contribution >= 0.6 is 11.8 Å². The third-order valence-corrected chi connectivity index (χ3v) is 9.56. The number of anilines is 1. The molecule has 0 spiro atoms. The number of nitrogens with one attached hydrogen (secondary N) is 4. The maximum atomic E-state index is 13.6. The second-order valence-electron chi connectivity index (χ2n) is 10.9. The number of nitrogens with zero attached hydrogens (tertiary/aromatic N) is 2. The van der Waals surface area contributed by atoms with Gasteiger partial charge in [0, 0.05) is 41.1 Å². The van der Waals surface area contributed by atoms with E-state index < -0.39 is 0 Å². The fourth-order valence-corrected chi connectivity index (χ4v) is 7.74. The first-order valence-corrected chi connectivity index (χ1v) is 14.9. The quantitative estimate of drug-likeness (QED) is 0.373. The number of thioether (sulfide) groups is 1. The molecule has 4 aliphatic rings. The molecule has 1 aliphatic carbocycles. The number of pyridine rings is 1. The number of rotatable bonds is 7. The van der Waals surface area contributed by atoms with Crippen LogP contribution in [0, 0.1) is 19.8 Å². The van der Waals surface area contributed by atoms with Crippen LogP contribution in [-0.2, 0) is 9.59 Å². The molecule has 4 amide bonds. The zero-order valence-electron chi connectivity index (χ0n) is 23.1. The first-order valence-electron chi connectivity index (χ1n) is 14.0. The van der Waals surface area contributed by atoms with E-state index in [4.69, 9.17) is 4.74 Å². The summed E-state index contributed by atoms with van der Waals surface area (Å²) in [5.74, 6) is 0.660. The van der Waals surface area contributed by atoms with E-state index in [0.717, 1.165) is 49.2 Å². The van der Waals surface area contributed by atoms with Crippen molar-refractivity contribution in [3.8, 4) is 11.6 Å². The van der Waals surface area contributed by atoms with Gasteiger partial charge in [-0.2, -0.15) is 0 Å². The Morgan fingerprint density at radius 1 is 1.15 bits per heavy atom. The van der Waals surface area contributed by atoms with Crippen molar-refractivity contribution in [2.45, 2.75) is 63.0 Å². The third-order valence-electron chi connectivity index (χ3n) is 8.21. The molecule has 1 aromatic carbocycles. The highest BCUT2D eigenvalue weighted by molar-refractivity contribution is 8.04. The number of benzene rings is 1. The Kier molecular flexibility index (Phi) is 7.48. The highest BCUT2D eigenvalue weighted by Gasteiger charge is 2.52. The highest BCUT2D eigenvalue weighted by atomic mass is 32.2. The van der Waals surface area contributed by atoms with Crippen LogP contribution in [-0.4, -0.2) is 52.9 Å². The molecule has 11 heteroatoms. The van der Waals surface area contributed by atoms with Crippen LogP contribution in [0.15, 0.2) is 59.7 Å². The number of amides is 4. The summed E-state index contributed by atoms with van der Waals surface area (Å²) in [5.41, 5.74) is 3.27. The topological polar surface area (TPSA) is 125 Å². The van der Waals surface area contributed by atoms with Crippen molar-refractivity contribution in [2.75, 3.05) is 11.4 Å². The second kappa shape index (κ2) is 11.2. The molecule has 10 nitrogen and oxygen atoms in total. The van der Waals surface area contributed by atoms with Crippen molar-refractivity contribution in [3.63, 3.8) is 0 Å². The molecule has 214 valence electrons. The summed E-state index contributed by atoms with van der Waals surface area (Å²) < 4.78 is 5.97. The minimum absolute atomic E-state index is 0.0252. The summed E-state index contributed by atoms with van der Waals surface area (Å²) in [6.45, 7) is 8.14. The van der Waals surface area contributed by atoms with E-state index in [0.29, 0.717) is 22.2 Å². The van der Waals surface area contributed by atoms with Gasteiger partial charge in [0.25, 0.3) is 5.91 Å². The minimum atomic E-state index is -0.246. The lowest BCUT2D eigenvalue weighted by molar-refractivity contribution is -0.119. The van der Waals surface area contributed by atoms with Gasteiger partial charge in [-0.15, -0.1) is 0 Å². The smallest absolute Gasteiger partial charge is 0.326 e. The molecule has 4 heterocycles. The van der Waals surface area contributed by atoms with Gasteiger partial charge in [-0.1, -0.05) is 24.4 Å². The van der Waals surface area contributed by atoms with E-state index >= 15 is 0 Å². The SMILES string of the molecule is C=CC(=O)N[C@H]1CCC[C@H]1NC(=O)C1=C2NC(=O)N(c3ccc(Oc4cccc(C)n4)cc3C)C3CCNC(S1)C23. The zero-order chi connectivity index (χ0) is 28.7. The standard InChI is InChI=1S/C30H34N6O4S/c1-4-23(37)33-19-8-6-9-20(19)34-28(38)27-26-25-22(13-14-31-29(25)41-27)36(30(39)35-26)21-12-11-18(15-16(21)2)40-24-10-5-7-17(3)32-24/h4-5,7,10-12,15,19-20,22,25,29,31H,1,6,8-9,13-14H2,2-3H3,(H,33,37)(H,34,38)(H,35,39)/t19-,20+,22?,25?,29?/m0/s1. The van der Waals surface area contributed by atoms with Crippen molar-refractivity contribution in [1.82, 2.24) is 26.3 Å². The van der Waals surface area contributed by atoms with Crippen LogP contribution < -0.4 is 30.9 Å². The van der Waals surface area contributed by atoms with Gasteiger partial charge in [0.15, 0.2) is 0 Å². The van der Waals surface area contributed by atoms with E-state index in [9.17, 15) is 14.4 Å². The minimum Gasteiger partial charge on any atom is -0.439 e. The van der Waals surface area contributed by atoms with E-state index in [2.05, 4.69) is 32.8 Å². The van der Waals surface area contributed by atoms with Gasteiger partial charge in [0.2, 0.25) is 11.8 Å². The highest BCUT2D eigenvalue weighted by Crippen LogP contribution is 2.48. The predicted octanol–water partition coefficient (Wildman–Crippen LogP) is 3.62. The molecule has 2 saturated heterocycles. The molecule has 0 radical (unpaired) electrons. The molecule has 3 aliphatic heterocycles. The summed E-state index contributed by atoms with van der Waals surface area (Å²) in [5, 5.41) is 12.6. The first kappa shape index (κ1) is 27.3. The Morgan fingerprint density at radius 3 is 2.71 bits per heavy atom. The van der Waals surface area contributed by atoms with Gasteiger partial charge in [-0.05, 0) is 82.0 Å². The molecular formula is C30H34N6O4S. The van der Waals surface area contributed by atoms with Crippen molar-refractivity contribution in [1.29, 1.82) is 0 Å². The van der Waals surface area contributed by atoms with E-state index in [1.165, 1.54) is 17.8 Å². The van der Waals surface area contributed by atoms with Crippen LogP contribution in [0.1, 0.15) is 36.9 Å². The van der Waals surface area contributed by atoms with Gasteiger partial charge >= 0.3 is 6.03 Å². The number of ether oxygens (including phenoxy) is 1. The number of urea groups is 1. The summed E-state index contributed by atoms with van der Waals surface area (Å²) in [7, 11) is 0. The second-order valence-corrected chi connectivity index (χ2v) is 12.1. The molecular weight excluding hydrogens is 540 g/mol. The Hall–Kier alpha value is -3.83. The molecule has 5 atom stereocenters. The first-order chi connectivity index (χ1) is 19.8. The van der Waals surface area contributed by atoms with Crippen LogP contribution in [0.4, 0.5) is 10.5 Å². The van der Waals surface area contributed by atoms with Crippen LogP contribution in [0.2, 0.25) is 0 Å². The summed E-state index contributed by atoms with van der Waals surface area (Å²) in [6, 6.07) is 10.7. The number of carbonyl (C=O) groups excluding carboxylic acids is 3. The number of piperidine rings is 1.